The molecule has 1 aliphatic rings. The van der Waals surface area contributed by atoms with Crippen LogP contribution in [-0.4, -0.2) is 19.7 Å². The fraction of sp³-hybridized carbons (Fsp3) is 0.462. The smallest absolute Gasteiger partial charge is 0.191 e. The molecule has 0 saturated heterocycles. The van der Waals surface area contributed by atoms with Crippen molar-refractivity contribution >= 4 is 23.4 Å². The lowest BCUT2D eigenvalue weighted by Crippen LogP contribution is -2.02. The number of hydrogen-bond donors (Lipinski definition) is 0. The highest BCUT2D eigenvalue weighted by atomic mass is 35.5. The first-order valence-electron chi connectivity index (χ1n) is 6.44. The van der Waals surface area contributed by atoms with E-state index >= 15 is 0 Å². The van der Waals surface area contributed by atoms with Crippen LogP contribution in [0.1, 0.15) is 37.1 Å². The van der Waals surface area contributed by atoms with Crippen LogP contribution in [0.2, 0.25) is 5.15 Å². The van der Waals surface area contributed by atoms with Crippen molar-refractivity contribution in [2.24, 2.45) is 0 Å². The van der Waals surface area contributed by atoms with E-state index in [2.05, 4.69) is 26.7 Å². The molecule has 100 valence electrons. The lowest BCUT2D eigenvalue weighted by atomic mass is 10.3. The van der Waals surface area contributed by atoms with Crippen molar-refractivity contribution < 1.29 is 0 Å². The minimum absolute atomic E-state index is 0.529. The van der Waals surface area contributed by atoms with Gasteiger partial charge >= 0.3 is 0 Å². The van der Waals surface area contributed by atoms with Crippen LogP contribution in [0.4, 0.5) is 0 Å². The molecular formula is C13H15ClN4S. The van der Waals surface area contributed by atoms with Crippen molar-refractivity contribution in [3.63, 3.8) is 0 Å². The summed E-state index contributed by atoms with van der Waals surface area (Å²) in [6.45, 7) is 3.07. The number of pyridine rings is 1. The van der Waals surface area contributed by atoms with Crippen LogP contribution >= 0.6 is 23.4 Å². The molecule has 2 aromatic rings. The topological polar surface area (TPSA) is 43.6 Å². The van der Waals surface area contributed by atoms with Gasteiger partial charge in [-0.05, 0) is 31.4 Å². The van der Waals surface area contributed by atoms with Crippen LogP contribution in [0.5, 0.6) is 0 Å². The van der Waals surface area contributed by atoms with Crippen LogP contribution in [0.25, 0.3) is 0 Å². The number of rotatable bonds is 5. The van der Waals surface area contributed by atoms with Gasteiger partial charge in [-0.15, -0.1) is 10.2 Å². The summed E-state index contributed by atoms with van der Waals surface area (Å²) >= 11 is 7.48. The maximum atomic E-state index is 5.78. The molecule has 0 N–H and O–H groups in total. The molecular weight excluding hydrogens is 280 g/mol. The van der Waals surface area contributed by atoms with Crippen molar-refractivity contribution in [1.29, 1.82) is 0 Å². The van der Waals surface area contributed by atoms with Gasteiger partial charge < -0.3 is 4.57 Å². The zero-order valence-electron chi connectivity index (χ0n) is 10.7. The monoisotopic (exact) mass is 294 g/mol. The second-order valence-electron chi connectivity index (χ2n) is 4.64. The van der Waals surface area contributed by atoms with Gasteiger partial charge in [-0.25, -0.2) is 4.98 Å². The van der Waals surface area contributed by atoms with Crippen LogP contribution < -0.4 is 0 Å². The van der Waals surface area contributed by atoms with Gasteiger partial charge in [0, 0.05) is 24.4 Å². The highest BCUT2D eigenvalue weighted by Gasteiger charge is 2.29. The van der Waals surface area contributed by atoms with Crippen LogP contribution in [0.15, 0.2) is 23.5 Å². The maximum Gasteiger partial charge on any atom is 0.191 e. The third kappa shape index (κ3) is 2.92. The van der Waals surface area contributed by atoms with Crippen molar-refractivity contribution in [3.8, 4) is 0 Å². The lowest BCUT2D eigenvalue weighted by molar-refractivity contribution is 0.643. The fourth-order valence-electron chi connectivity index (χ4n) is 1.99. The number of aromatic nitrogens is 4. The molecule has 0 amide bonds. The summed E-state index contributed by atoms with van der Waals surface area (Å²) in [4.78, 5) is 4.09. The molecule has 0 bridgehead atoms. The average Bonchev–Trinajstić information content (AvgIpc) is 3.19. The Balaban J connectivity index is 1.71. The zero-order valence-corrected chi connectivity index (χ0v) is 12.3. The maximum absolute atomic E-state index is 5.78. The van der Waals surface area contributed by atoms with Gasteiger partial charge in [-0.3, -0.25) is 0 Å². The third-order valence-electron chi connectivity index (χ3n) is 3.16. The van der Waals surface area contributed by atoms with Crippen LogP contribution in [-0.2, 0) is 12.3 Å². The van der Waals surface area contributed by atoms with E-state index in [1.807, 2.05) is 18.3 Å². The molecule has 0 radical (unpaired) electrons. The van der Waals surface area contributed by atoms with E-state index in [-0.39, 0.29) is 0 Å². The van der Waals surface area contributed by atoms with Gasteiger partial charge in [0.05, 0.1) is 0 Å². The summed E-state index contributed by atoms with van der Waals surface area (Å²) in [6.07, 6.45) is 4.32. The molecule has 0 aliphatic heterocycles. The number of thioether (sulfide) groups is 1. The van der Waals surface area contributed by atoms with Gasteiger partial charge in [-0.1, -0.05) is 29.4 Å². The van der Waals surface area contributed by atoms with E-state index in [1.165, 1.54) is 12.8 Å². The Hall–Kier alpha value is -1.07. The van der Waals surface area contributed by atoms with E-state index in [4.69, 9.17) is 11.6 Å². The van der Waals surface area contributed by atoms with Crippen molar-refractivity contribution in [2.75, 3.05) is 0 Å². The van der Waals surface area contributed by atoms with Crippen molar-refractivity contribution in [2.45, 2.75) is 43.1 Å². The minimum Gasteiger partial charge on any atom is -0.306 e. The molecule has 6 heteroatoms. The second kappa shape index (κ2) is 5.51. The SMILES string of the molecule is CCn1c(SCc2ccc(Cl)nc2)nnc1C1CC1. The molecule has 1 aliphatic carbocycles. The standard InChI is InChI=1S/C13H15ClN4S/c1-2-18-12(10-4-5-10)16-17-13(18)19-8-9-3-6-11(14)15-7-9/h3,6-7,10H,2,4-5,8H2,1H3. The number of halogens is 1. The summed E-state index contributed by atoms with van der Waals surface area (Å²) in [5.41, 5.74) is 1.15. The summed E-state index contributed by atoms with van der Waals surface area (Å²) in [5, 5.41) is 10.2. The quantitative estimate of drug-likeness (QED) is 0.625. The Morgan fingerprint density at radius 3 is 2.84 bits per heavy atom. The highest BCUT2D eigenvalue weighted by molar-refractivity contribution is 7.98. The van der Waals surface area contributed by atoms with Crippen LogP contribution in [0.3, 0.4) is 0 Å². The van der Waals surface area contributed by atoms with Gasteiger partial charge in [0.25, 0.3) is 0 Å². The molecule has 2 heterocycles. The van der Waals surface area contributed by atoms with E-state index in [0.29, 0.717) is 11.1 Å². The highest BCUT2D eigenvalue weighted by Crippen LogP contribution is 2.40. The Morgan fingerprint density at radius 2 is 2.21 bits per heavy atom. The largest absolute Gasteiger partial charge is 0.306 e. The van der Waals surface area contributed by atoms with Crippen molar-refractivity contribution in [1.82, 2.24) is 19.7 Å². The number of hydrogen-bond acceptors (Lipinski definition) is 4. The molecule has 0 unspecified atom stereocenters. The Kier molecular flexibility index (Phi) is 3.75. The third-order valence-corrected chi connectivity index (χ3v) is 4.42. The molecule has 0 spiro atoms. The van der Waals surface area contributed by atoms with Gasteiger partial charge in [0.1, 0.15) is 11.0 Å². The Labute approximate surface area is 121 Å². The second-order valence-corrected chi connectivity index (χ2v) is 5.97. The molecule has 0 atom stereocenters. The van der Waals surface area contributed by atoms with E-state index < -0.39 is 0 Å². The first kappa shape index (κ1) is 12.9. The summed E-state index contributed by atoms with van der Waals surface area (Å²) in [6, 6.07) is 3.81. The number of nitrogens with zero attached hydrogens (tertiary/aromatic N) is 4. The van der Waals surface area contributed by atoms with Crippen molar-refractivity contribution in [3.05, 3.63) is 34.9 Å². The first-order chi connectivity index (χ1) is 9.28. The molecule has 1 fully saturated rings. The molecule has 3 rings (SSSR count). The van der Waals surface area contributed by atoms with Gasteiger partial charge in [0.15, 0.2) is 5.16 Å². The fourth-order valence-corrected chi connectivity index (χ4v) is 3.04. The predicted molar refractivity (Wildman–Crippen MR) is 76.5 cm³/mol. The first-order valence-corrected chi connectivity index (χ1v) is 7.80. The molecule has 4 nitrogen and oxygen atoms in total. The van der Waals surface area contributed by atoms with Gasteiger partial charge in [-0.2, -0.15) is 0 Å². The molecule has 0 aromatic carbocycles. The zero-order chi connectivity index (χ0) is 13.2. The van der Waals surface area contributed by atoms with E-state index in [0.717, 1.165) is 28.8 Å². The Bertz CT molecular complexity index is 563. The van der Waals surface area contributed by atoms with Gasteiger partial charge in [0.2, 0.25) is 0 Å². The van der Waals surface area contributed by atoms with E-state index in [9.17, 15) is 0 Å². The summed E-state index contributed by atoms with van der Waals surface area (Å²) < 4.78 is 2.23. The average molecular weight is 295 g/mol. The molecule has 19 heavy (non-hydrogen) atoms. The molecule has 2 aromatic heterocycles. The minimum atomic E-state index is 0.529. The summed E-state index contributed by atoms with van der Waals surface area (Å²) in [5.74, 6) is 2.63. The van der Waals surface area contributed by atoms with E-state index in [1.54, 1.807) is 11.8 Å². The molecule has 1 saturated carbocycles. The predicted octanol–water partition coefficient (Wildman–Crippen LogP) is 3.52. The van der Waals surface area contributed by atoms with Crippen LogP contribution in [0, 0.1) is 0 Å². The Morgan fingerprint density at radius 1 is 1.37 bits per heavy atom. The lowest BCUT2D eigenvalue weighted by Gasteiger charge is -2.06. The normalized spacial score (nSPS) is 14.8. The summed E-state index contributed by atoms with van der Waals surface area (Å²) in [7, 11) is 0.